The number of nitrogens with one attached hydrogen (secondary N) is 3. The summed E-state index contributed by atoms with van der Waals surface area (Å²) in [6.07, 6.45) is 2.88. The zero-order chi connectivity index (χ0) is 14.8. The third kappa shape index (κ3) is 5.73. The molecule has 20 heavy (non-hydrogen) atoms. The number of anilines is 1. The van der Waals surface area contributed by atoms with Crippen LogP contribution in [0.5, 0.6) is 0 Å². The summed E-state index contributed by atoms with van der Waals surface area (Å²) in [6, 6.07) is 6.67. The number of unbranched alkanes of at least 4 members (excludes halogenated alkanes) is 1. The molecule has 0 bridgehead atoms. The van der Waals surface area contributed by atoms with Crippen LogP contribution in [-0.2, 0) is 0 Å². The second-order valence-corrected chi connectivity index (χ2v) is 4.57. The largest absolute Gasteiger partial charge is 0.352 e. The summed E-state index contributed by atoms with van der Waals surface area (Å²) in [5, 5.41) is 8.29. The monoisotopic (exact) mass is 277 g/mol. The summed E-state index contributed by atoms with van der Waals surface area (Å²) >= 11 is 0. The van der Waals surface area contributed by atoms with Crippen molar-refractivity contribution < 1.29 is 9.59 Å². The highest BCUT2D eigenvalue weighted by atomic mass is 16.2. The van der Waals surface area contributed by atoms with Crippen molar-refractivity contribution in [2.75, 3.05) is 18.4 Å². The molecule has 0 saturated heterocycles. The van der Waals surface area contributed by atoms with E-state index in [2.05, 4.69) is 22.9 Å². The van der Waals surface area contributed by atoms with E-state index in [4.69, 9.17) is 0 Å². The maximum atomic E-state index is 11.8. The van der Waals surface area contributed by atoms with E-state index in [0.717, 1.165) is 19.3 Å². The van der Waals surface area contributed by atoms with Gasteiger partial charge in [0.1, 0.15) is 0 Å². The Kier molecular flexibility index (Phi) is 7.17. The highest BCUT2D eigenvalue weighted by molar-refractivity contribution is 5.96. The lowest BCUT2D eigenvalue weighted by molar-refractivity contribution is 0.0953. The van der Waals surface area contributed by atoms with Crippen molar-refractivity contribution >= 4 is 17.6 Å². The fourth-order valence-corrected chi connectivity index (χ4v) is 1.63. The molecule has 0 fully saturated rings. The minimum atomic E-state index is -0.246. The Morgan fingerprint density at radius 2 is 1.85 bits per heavy atom. The van der Waals surface area contributed by atoms with Gasteiger partial charge in [0.15, 0.2) is 0 Å². The smallest absolute Gasteiger partial charge is 0.319 e. The van der Waals surface area contributed by atoms with Crippen LogP contribution in [0.3, 0.4) is 0 Å². The molecule has 0 aromatic heterocycles. The maximum absolute atomic E-state index is 11.8. The van der Waals surface area contributed by atoms with Gasteiger partial charge in [0.05, 0.1) is 0 Å². The average Bonchev–Trinajstić information content (AvgIpc) is 2.45. The maximum Gasteiger partial charge on any atom is 0.319 e. The number of urea groups is 1. The average molecular weight is 277 g/mol. The Morgan fingerprint density at radius 1 is 1.05 bits per heavy atom. The Bertz CT molecular complexity index is 446. The van der Waals surface area contributed by atoms with Crippen LogP contribution in [0.4, 0.5) is 10.5 Å². The number of hydrogen-bond acceptors (Lipinski definition) is 2. The highest BCUT2D eigenvalue weighted by Crippen LogP contribution is 2.10. The molecule has 0 aliphatic carbocycles. The molecule has 0 atom stereocenters. The first-order valence-corrected chi connectivity index (χ1v) is 7.10. The Balaban J connectivity index is 2.54. The molecule has 0 aliphatic rings. The molecule has 110 valence electrons. The van der Waals surface area contributed by atoms with Gasteiger partial charge < -0.3 is 16.0 Å². The van der Waals surface area contributed by atoms with E-state index in [0.29, 0.717) is 24.3 Å². The van der Waals surface area contributed by atoms with Gasteiger partial charge in [0.25, 0.3) is 5.91 Å². The van der Waals surface area contributed by atoms with E-state index >= 15 is 0 Å². The van der Waals surface area contributed by atoms with Crippen molar-refractivity contribution in [1.29, 1.82) is 0 Å². The molecule has 1 aromatic carbocycles. The van der Waals surface area contributed by atoms with Crippen molar-refractivity contribution in [2.45, 2.75) is 33.1 Å². The molecule has 0 heterocycles. The van der Waals surface area contributed by atoms with Gasteiger partial charge in [-0.05, 0) is 31.0 Å². The van der Waals surface area contributed by atoms with Crippen molar-refractivity contribution in [3.8, 4) is 0 Å². The summed E-state index contributed by atoms with van der Waals surface area (Å²) in [4.78, 5) is 23.4. The van der Waals surface area contributed by atoms with Crippen molar-refractivity contribution in [3.63, 3.8) is 0 Å². The molecule has 0 saturated carbocycles. The molecule has 5 heteroatoms. The molecule has 3 amide bonds. The summed E-state index contributed by atoms with van der Waals surface area (Å²) < 4.78 is 0. The van der Waals surface area contributed by atoms with Gasteiger partial charge in [-0.25, -0.2) is 4.79 Å². The number of carbonyl (C=O) groups excluding carboxylic acids is 2. The predicted molar refractivity (Wildman–Crippen MR) is 81.0 cm³/mol. The lowest BCUT2D eigenvalue weighted by Gasteiger charge is -2.09. The van der Waals surface area contributed by atoms with Crippen LogP contribution >= 0.6 is 0 Å². The lowest BCUT2D eigenvalue weighted by atomic mass is 10.2. The summed E-state index contributed by atoms with van der Waals surface area (Å²) in [6.45, 7) is 5.36. The molecule has 5 nitrogen and oxygen atoms in total. The fraction of sp³-hybridized carbons (Fsp3) is 0.467. The van der Waals surface area contributed by atoms with Gasteiger partial charge in [-0.1, -0.05) is 26.3 Å². The molecule has 0 radical (unpaired) electrons. The van der Waals surface area contributed by atoms with E-state index in [1.807, 2.05) is 6.92 Å². The van der Waals surface area contributed by atoms with Gasteiger partial charge in [-0.2, -0.15) is 0 Å². The van der Waals surface area contributed by atoms with E-state index in [9.17, 15) is 9.59 Å². The third-order valence-electron chi connectivity index (χ3n) is 2.73. The molecule has 1 rings (SSSR count). The van der Waals surface area contributed by atoms with Gasteiger partial charge in [-0.15, -0.1) is 0 Å². The Hall–Kier alpha value is -2.04. The van der Waals surface area contributed by atoms with Gasteiger partial charge in [-0.3, -0.25) is 4.79 Å². The zero-order valence-electron chi connectivity index (χ0n) is 12.2. The molecule has 0 unspecified atom stereocenters. The quantitative estimate of drug-likeness (QED) is 0.671. The molecular weight excluding hydrogens is 254 g/mol. The summed E-state index contributed by atoms with van der Waals surface area (Å²) in [7, 11) is 0. The van der Waals surface area contributed by atoms with Crippen LogP contribution in [0.1, 0.15) is 43.5 Å². The van der Waals surface area contributed by atoms with Crippen molar-refractivity contribution in [1.82, 2.24) is 10.6 Å². The molecule has 0 spiro atoms. The third-order valence-corrected chi connectivity index (χ3v) is 2.73. The van der Waals surface area contributed by atoms with E-state index < -0.39 is 0 Å². The number of carbonyl (C=O) groups is 2. The lowest BCUT2D eigenvalue weighted by Crippen LogP contribution is -2.29. The normalized spacial score (nSPS) is 9.90. The highest BCUT2D eigenvalue weighted by Gasteiger charge is 2.06. The van der Waals surface area contributed by atoms with Gasteiger partial charge in [0, 0.05) is 24.3 Å². The van der Waals surface area contributed by atoms with Crippen molar-refractivity contribution in [2.24, 2.45) is 0 Å². The minimum absolute atomic E-state index is 0.123. The first-order chi connectivity index (χ1) is 9.67. The Labute approximate surface area is 120 Å². The predicted octanol–water partition coefficient (Wildman–Crippen LogP) is 2.75. The van der Waals surface area contributed by atoms with Crippen LogP contribution in [0, 0.1) is 0 Å². The minimum Gasteiger partial charge on any atom is -0.352 e. The molecular formula is C15H23N3O2. The molecule has 0 aliphatic heterocycles. The zero-order valence-corrected chi connectivity index (χ0v) is 12.2. The summed E-state index contributed by atoms with van der Waals surface area (Å²) in [5.74, 6) is -0.123. The van der Waals surface area contributed by atoms with E-state index in [-0.39, 0.29) is 11.9 Å². The van der Waals surface area contributed by atoms with Crippen LogP contribution < -0.4 is 16.0 Å². The van der Waals surface area contributed by atoms with Gasteiger partial charge >= 0.3 is 6.03 Å². The van der Waals surface area contributed by atoms with E-state index in [1.165, 1.54) is 0 Å². The first-order valence-electron chi connectivity index (χ1n) is 7.10. The topological polar surface area (TPSA) is 70.2 Å². The first kappa shape index (κ1) is 16.0. The number of rotatable bonds is 7. The SMILES string of the molecule is CCCCNC(=O)Nc1cccc(C(=O)NCCC)c1. The van der Waals surface area contributed by atoms with Crippen LogP contribution in [0.2, 0.25) is 0 Å². The van der Waals surface area contributed by atoms with Crippen molar-refractivity contribution in [3.05, 3.63) is 29.8 Å². The standard InChI is InChI=1S/C15H23N3O2/c1-3-5-10-17-15(20)18-13-8-6-7-12(11-13)14(19)16-9-4-2/h6-8,11H,3-5,9-10H2,1-2H3,(H,16,19)(H2,17,18,20). The second-order valence-electron chi connectivity index (χ2n) is 4.57. The number of benzene rings is 1. The van der Waals surface area contributed by atoms with E-state index in [1.54, 1.807) is 24.3 Å². The summed E-state index contributed by atoms with van der Waals surface area (Å²) in [5.41, 5.74) is 1.16. The molecule has 3 N–H and O–H groups in total. The van der Waals surface area contributed by atoms with Gasteiger partial charge in [0.2, 0.25) is 0 Å². The van der Waals surface area contributed by atoms with Crippen LogP contribution in [-0.4, -0.2) is 25.0 Å². The molecule has 1 aromatic rings. The second kappa shape index (κ2) is 8.96. The fourth-order valence-electron chi connectivity index (χ4n) is 1.63. The number of hydrogen-bond donors (Lipinski definition) is 3. The Morgan fingerprint density at radius 3 is 2.55 bits per heavy atom. The van der Waals surface area contributed by atoms with Crippen LogP contribution in [0.15, 0.2) is 24.3 Å². The number of amides is 3. The van der Waals surface area contributed by atoms with Crippen LogP contribution in [0.25, 0.3) is 0 Å².